The van der Waals surface area contributed by atoms with Crippen molar-refractivity contribution in [2.75, 3.05) is 6.61 Å². The van der Waals surface area contributed by atoms with Crippen LogP contribution in [0.4, 0.5) is 0 Å². The van der Waals surface area contributed by atoms with E-state index in [4.69, 9.17) is 10.2 Å². The molecule has 0 aromatic heterocycles. The summed E-state index contributed by atoms with van der Waals surface area (Å²) in [6, 6.07) is 0. The Hall–Kier alpha value is -0.830. The van der Waals surface area contributed by atoms with Crippen LogP contribution in [-0.2, 0) is 4.79 Å². The van der Waals surface area contributed by atoms with Crippen molar-refractivity contribution in [3.05, 3.63) is 11.1 Å². The van der Waals surface area contributed by atoms with Gasteiger partial charge < -0.3 is 10.2 Å². The maximum atomic E-state index is 10.8. The highest BCUT2D eigenvalue weighted by atomic mass is 16.4. The van der Waals surface area contributed by atoms with Gasteiger partial charge in [-0.3, -0.25) is 0 Å². The van der Waals surface area contributed by atoms with Crippen molar-refractivity contribution in [1.29, 1.82) is 0 Å². The van der Waals surface area contributed by atoms with Crippen molar-refractivity contribution in [2.45, 2.75) is 52.4 Å². The fourth-order valence-corrected chi connectivity index (χ4v) is 1.55. The third-order valence-corrected chi connectivity index (χ3v) is 2.60. The van der Waals surface area contributed by atoms with Gasteiger partial charge in [-0.2, -0.15) is 0 Å². The van der Waals surface area contributed by atoms with Crippen LogP contribution in [0.1, 0.15) is 52.4 Å². The molecule has 0 rings (SSSR count). The smallest absolute Gasteiger partial charge is 0.331 e. The average Bonchev–Trinajstić information content (AvgIpc) is 2.21. The molecule has 0 aliphatic heterocycles. The van der Waals surface area contributed by atoms with E-state index in [0.29, 0.717) is 12.0 Å². The molecular weight excluding hydrogens is 192 g/mol. The third kappa shape index (κ3) is 6.28. The van der Waals surface area contributed by atoms with Crippen LogP contribution < -0.4 is 0 Å². The first-order chi connectivity index (χ1) is 7.13. The van der Waals surface area contributed by atoms with Crippen LogP contribution in [0.2, 0.25) is 0 Å². The number of carboxylic acid groups (broad SMARTS) is 1. The number of aliphatic hydroxyl groups is 1. The van der Waals surface area contributed by atoms with Crippen molar-refractivity contribution >= 4 is 5.97 Å². The molecule has 0 spiro atoms. The number of carboxylic acids is 1. The molecule has 3 nitrogen and oxygen atoms in total. The molecular formula is C12H22O3. The Kier molecular flexibility index (Phi) is 8.01. The van der Waals surface area contributed by atoms with Crippen LogP contribution in [0, 0.1) is 0 Å². The number of aliphatic carboxylic acids is 1. The average molecular weight is 214 g/mol. The summed E-state index contributed by atoms with van der Waals surface area (Å²) < 4.78 is 0. The standard InChI is InChI=1S/C12H22O3/c1-3-4-5-6-7-11(8-9-13)10(2)12(14)15/h13H,3-9H2,1-2H3,(H,14,15)/b11-10+. The van der Waals surface area contributed by atoms with E-state index < -0.39 is 5.97 Å². The van der Waals surface area contributed by atoms with Gasteiger partial charge >= 0.3 is 5.97 Å². The molecule has 0 radical (unpaired) electrons. The second kappa shape index (κ2) is 8.48. The van der Waals surface area contributed by atoms with Crippen molar-refractivity contribution in [3.63, 3.8) is 0 Å². The topological polar surface area (TPSA) is 57.5 Å². The molecule has 0 unspecified atom stereocenters. The lowest BCUT2D eigenvalue weighted by Gasteiger charge is -2.08. The Morgan fingerprint density at radius 2 is 1.80 bits per heavy atom. The highest BCUT2D eigenvalue weighted by Crippen LogP contribution is 2.17. The van der Waals surface area contributed by atoms with Gasteiger partial charge in [-0.25, -0.2) is 4.79 Å². The summed E-state index contributed by atoms with van der Waals surface area (Å²) in [5.41, 5.74) is 1.29. The molecule has 3 heteroatoms. The zero-order chi connectivity index (χ0) is 11.7. The molecule has 0 bridgehead atoms. The van der Waals surface area contributed by atoms with Crippen LogP contribution in [0.3, 0.4) is 0 Å². The maximum absolute atomic E-state index is 10.8. The van der Waals surface area contributed by atoms with E-state index in [1.807, 2.05) is 0 Å². The van der Waals surface area contributed by atoms with Crippen LogP contribution in [0.25, 0.3) is 0 Å². The molecule has 0 atom stereocenters. The number of hydrogen-bond acceptors (Lipinski definition) is 2. The quantitative estimate of drug-likeness (QED) is 0.482. The van der Waals surface area contributed by atoms with Crippen molar-refractivity contribution in [3.8, 4) is 0 Å². The molecule has 0 aromatic carbocycles. The summed E-state index contributed by atoms with van der Waals surface area (Å²) >= 11 is 0. The predicted octanol–water partition coefficient (Wildman–Crippen LogP) is 2.74. The van der Waals surface area contributed by atoms with Crippen LogP contribution in [-0.4, -0.2) is 22.8 Å². The molecule has 0 aromatic rings. The van der Waals surface area contributed by atoms with Crippen molar-refractivity contribution in [1.82, 2.24) is 0 Å². The number of carbonyl (C=O) groups is 1. The van der Waals surface area contributed by atoms with Gasteiger partial charge in [0, 0.05) is 12.2 Å². The zero-order valence-electron chi connectivity index (χ0n) is 9.75. The van der Waals surface area contributed by atoms with E-state index in [0.717, 1.165) is 24.8 Å². The molecule has 2 N–H and O–H groups in total. The molecule has 15 heavy (non-hydrogen) atoms. The Bertz CT molecular complexity index is 219. The Labute approximate surface area is 91.8 Å². The van der Waals surface area contributed by atoms with Crippen LogP contribution in [0.5, 0.6) is 0 Å². The fourth-order valence-electron chi connectivity index (χ4n) is 1.55. The highest BCUT2D eigenvalue weighted by molar-refractivity contribution is 5.86. The first-order valence-corrected chi connectivity index (χ1v) is 5.66. The summed E-state index contributed by atoms with van der Waals surface area (Å²) in [7, 11) is 0. The number of hydrogen-bond donors (Lipinski definition) is 2. The molecule has 0 heterocycles. The first kappa shape index (κ1) is 14.2. The van der Waals surface area contributed by atoms with E-state index >= 15 is 0 Å². The van der Waals surface area contributed by atoms with E-state index in [1.165, 1.54) is 12.8 Å². The normalized spacial score (nSPS) is 12.5. The molecule has 0 aliphatic carbocycles. The molecule has 0 saturated carbocycles. The van der Waals surface area contributed by atoms with Gasteiger partial charge in [0.25, 0.3) is 0 Å². The highest BCUT2D eigenvalue weighted by Gasteiger charge is 2.08. The SMILES string of the molecule is CCCCCC/C(CCO)=C(/C)C(=O)O. The second-order valence-corrected chi connectivity index (χ2v) is 3.82. The summed E-state index contributed by atoms with van der Waals surface area (Å²) in [4.78, 5) is 10.8. The van der Waals surface area contributed by atoms with E-state index in [1.54, 1.807) is 6.92 Å². The van der Waals surface area contributed by atoms with Gasteiger partial charge in [-0.15, -0.1) is 0 Å². The van der Waals surface area contributed by atoms with Gasteiger partial charge in [0.15, 0.2) is 0 Å². The Morgan fingerprint density at radius 3 is 2.27 bits per heavy atom. The number of aliphatic hydroxyl groups excluding tert-OH is 1. The third-order valence-electron chi connectivity index (χ3n) is 2.60. The number of unbranched alkanes of at least 4 members (excludes halogenated alkanes) is 3. The minimum absolute atomic E-state index is 0.0354. The minimum Gasteiger partial charge on any atom is -0.478 e. The number of rotatable bonds is 8. The summed E-state index contributed by atoms with van der Waals surface area (Å²) in [5.74, 6) is -0.867. The summed E-state index contributed by atoms with van der Waals surface area (Å²) in [6.07, 6.45) is 5.82. The van der Waals surface area contributed by atoms with Crippen molar-refractivity contribution < 1.29 is 15.0 Å². The van der Waals surface area contributed by atoms with E-state index in [2.05, 4.69) is 6.92 Å². The minimum atomic E-state index is -0.867. The molecule has 0 amide bonds. The van der Waals surface area contributed by atoms with Gasteiger partial charge in [0.1, 0.15) is 0 Å². The molecule has 0 aliphatic rings. The predicted molar refractivity (Wildman–Crippen MR) is 60.8 cm³/mol. The van der Waals surface area contributed by atoms with Gasteiger partial charge in [-0.1, -0.05) is 31.8 Å². The first-order valence-electron chi connectivity index (χ1n) is 5.66. The maximum Gasteiger partial charge on any atom is 0.331 e. The van der Waals surface area contributed by atoms with Gasteiger partial charge in [0.2, 0.25) is 0 Å². The van der Waals surface area contributed by atoms with E-state index in [9.17, 15) is 4.79 Å². The lowest BCUT2D eigenvalue weighted by atomic mass is 9.99. The molecule has 0 saturated heterocycles. The summed E-state index contributed by atoms with van der Waals surface area (Å²) in [6.45, 7) is 3.80. The lowest BCUT2D eigenvalue weighted by molar-refractivity contribution is -0.132. The fraction of sp³-hybridized carbons (Fsp3) is 0.750. The van der Waals surface area contributed by atoms with Crippen molar-refractivity contribution in [2.24, 2.45) is 0 Å². The van der Waals surface area contributed by atoms with Crippen LogP contribution >= 0.6 is 0 Å². The molecule has 88 valence electrons. The van der Waals surface area contributed by atoms with E-state index in [-0.39, 0.29) is 6.61 Å². The van der Waals surface area contributed by atoms with Gasteiger partial charge in [0.05, 0.1) is 0 Å². The Morgan fingerprint density at radius 1 is 1.13 bits per heavy atom. The monoisotopic (exact) mass is 214 g/mol. The second-order valence-electron chi connectivity index (χ2n) is 3.82. The zero-order valence-corrected chi connectivity index (χ0v) is 9.75. The van der Waals surface area contributed by atoms with Gasteiger partial charge in [-0.05, 0) is 26.2 Å². The lowest BCUT2D eigenvalue weighted by Crippen LogP contribution is -2.03. The largest absolute Gasteiger partial charge is 0.478 e. The van der Waals surface area contributed by atoms with Crippen LogP contribution in [0.15, 0.2) is 11.1 Å². The summed E-state index contributed by atoms with van der Waals surface area (Å²) in [5, 5.41) is 17.7. The Balaban J connectivity index is 4.15. The molecule has 0 fully saturated rings.